The maximum Gasteiger partial charge on any atom is 0.150 e. The molecule has 1 N–H and O–H groups in total. The van der Waals surface area contributed by atoms with Crippen molar-refractivity contribution in [2.45, 2.75) is 13.8 Å². The molecule has 0 saturated carbocycles. The third-order valence-electron chi connectivity index (χ3n) is 5.42. The van der Waals surface area contributed by atoms with E-state index in [1.165, 1.54) is 11.1 Å². The van der Waals surface area contributed by atoms with Crippen molar-refractivity contribution < 1.29 is 9.90 Å². The topological polar surface area (TPSA) is 37.3 Å². The fourth-order valence-electron chi connectivity index (χ4n) is 3.71. The molecule has 2 heteroatoms. The van der Waals surface area contributed by atoms with Gasteiger partial charge in [0, 0.05) is 5.56 Å². The predicted molar refractivity (Wildman–Crippen MR) is 127 cm³/mol. The van der Waals surface area contributed by atoms with Crippen LogP contribution in [0.3, 0.4) is 0 Å². The zero-order chi connectivity index (χ0) is 21.8. The Balaban J connectivity index is 2.07. The molecule has 0 unspecified atom stereocenters. The Bertz CT molecular complexity index is 1160. The molecule has 0 atom stereocenters. The van der Waals surface area contributed by atoms with Crippen molar-refractivity contribution in [3.8, 4) is 5.75 Å². The lowest BCUT2D eigenvalue weighted by Gasteiger charge is -2.18. The molecule has 2 nitrogen and oxygen atoms in total. The first-order valence-corrected chi connectivity index (χ1v) is 10.3. The lowest BCUT2D eigenvalue weighted by Crippen LogP contribution is -1.98. The van der Waals surface area contributed by atoms with Crippen LogP contribution >= 0.6 is 0 Å². The number of benzene rings is 4. The molecule has 0 radical (unpaired) electrons. The number of carbonyl (C=O) groups is 1. The first-order chi connectivity index (χ1) is 15.0. The summed E-state index contributed by atoms with van der Waals surface area (Å²) in [4.78, 5) is 11.2. The lowest BCUT2D eigenvalue weighted by atomic mass is 9.85. The molecule has 152 valence electrons. The Labute approximate surface area is 183 Å². The quantitative estimate of drug-likeness (QED) is 0.292. The first kappa shape index (κ1) is 20.4. The number of aryl methyl sites for hydroxylation is 2. The van der Waals surface area contributed by atoms with Gasteiger partial charge in [0.2, 0.25) is 0 Å². The second-order valence-corrected chi connectivity index (χ2v) is 7.77. The molecular weight excluding hydrogens is 380 g/mol. The van der Waals surface area contributed by atoms with Crippen molar-refractivity contribution in [1.82, 2.24) is 0 Å². The molecule has 0 spiro atoms. The summed E-state index contributed by atoms with van der Waals surface area (Å²) >= 11 is 0. The number of phenols is 1. The van der Waals surface area contributed by atoms with Gasteiger partial charge in [-0.1, -0.05) is 96.1 Å². The van der Waals surface area contributed by atoms with Gasteiger partial charge in [0.05, 0.1) is 0 Å². The summed E-state index contributed by atoms with van der Waals surface area (Å²) in [6, 6.07) is 32.0. The SMILES string of the molecule is Cc1ccc(/C(=C(/c2ccc(C)cc2)c2ccc(C=O)cc2)c2ccc(O)cc2)cc1. The second kappa shape index (κ2) is 8.85. The third kappa shape index (κ3) is 4.49. The van der Waals surface area contributed by atoms with Crippen LogP contribution in [0.5, 0.6) is 5.75 Å². The highest BCUT2D eigenvalue weighted by atomic mass is 16.3. The van der Waals surface area contributed by atoms with E-state index in [0.717, 1.165) is 39.7 Å². The Morgan fingerprint density at radius 1 is 0.548 bits per heavy atom. The molecule has 0 aliphatic rings. The average molecular weight is 405 g/mol. The molecule has 4 rings (SSSR count). The molecule has 0 aromatic heterocycles. The molecule has 4 aromatic rings. The van der Waals surface area contributed by atoms with Crippen molar-refractivity contribution in [3.05, 3.63) is 136 Å². The smallest absolute Gasteiger partial charge is 0.150 e. The molecule has 4 aromatic carbocycles. The normalized spacial score (nSPS) is 11.7. The van der Waals surface area contributed by atoms with Crippen molar-refractivity contribution in [2.75, 3.05) is 0 Å². The molecule has 0 saturated heterocycles. The molecular formula is C29H24O2. The molecule has 0 aliphatic heterocycles. The number of hydrogen-bond donors (Lipinski definition) is 1. The summed E-state index contributed by atoms with van der Waals surface area (Å²) in [6.07, 6.45) is 0.861. The number of aldehydes is 1. The van der Waals surface area contributed by atoms with Crippen molar-refractivity contribution >= 4 is 17.4 Å². The zero-order valence-electron chi connectivity index (χ0n) is 17.7. The Morgan fingerprint density at radius 3 is 1.23 bits per heavy atom. The van der Waals surface area contributed by atoms with E-state index in [0.29, 0.717) is 5.56 Å². The summed E-state index contributed by atoms with van der Waals surface area (Å²) < 4.78 is 0. The summed E-state index contributed by atoms with van der Waals surface area (Å²) in [5.41, 5.74) is 9.40. The minimum Gasteiger partial charge on any atom is -0.508 e. The van der Waals surface area contributed by atoms with Gasteiger partial charge in [-0.25, -0.2) is 0 Å². The standard InChI is InChI=1S/C29H24O2/c1-20-3-9-23(10-4-20)28(25-13-7-22(19-30)8-14-25)29(24-11-5-21(2)6-12-24)26-15-17-27(31)18-16-26/h3-19,31H,1-2H3/b29-28+. The molecule has 0 fully saturated rings. The fourth-order valence-corrected chi connectivity index (χ4v) is 3.71. The summed E-state index contributed by atoms with van der Waals surface area (Å²) in [7, 11) is 0. The molecule has 0 bridgehead atoms. The Hall–Kier alpha value is -3.91. The lowest BCUT2D eigenvalue weighted by molar-refractivity contribution is 0.112. The third-order valence-corrected chi connectivity index (χ3v) is 5.42. The van der Waals surface area contributed by atoms with E-state index >= 15 is 0 Å². The van der Waals surface area contributed by atoms with Crippen molar-refractivity contribution in [3.63, 3.8) is 0 Å². The molecule has 0 amide bonds. The maximum absolute atomic E-state index is 11.2. The van der Waals surface area contributed by atoms with Crippen LogP contribution in [0.4, 0.5) is 0 Å². The highest BCUT2D eigenvalue weighted by Gasteiger charge is 2.16. The van der Waals surface area contributed by atoms with Crippen LogP contribution in [0.25, 0.3) is 11.1 Å². The van der Waals surface area contributed by atoms with E-state index < -0.39 is 0 Å². The van der Waals surface area contributed by atoms with Crippen LogP contribution < -0.4 is 0 Å². The fraction of sp³-hybridized carbons (Fsp3) is 0.0690. The van der Waals surface area contributed by atoms with E-state index in [1.807, 2.05) is 36.4 Å². The number of carbonyl (C=O) groups excluding carboxylic acids is 1. The highest BCUT2D eigenvalue weighted by molar-refractivity contribution is 6.04. The number of phenolic OH excluding ortho intramolecular Hbond substituents is 1. The number of hydrogen-bond acceptors (Lipinski definition) is 2. The van der Waals surface area contributed by atoms with Gasteiger partial charge < -0.3 is 5.11 Å². The van der Waals surface area contributed by atoms with E-state index in [-0.39, 0.29) is 5.75 Å². The minimum absolute atomic E-state index is 0.235. The zero-order valence-corrected chi connectivity index (χ0v) is 17.7. The van der Waals surface area contributed by atoms with E-state index in [2.05, 4.69) is 62.4 Å². The Morgan fingerprint density at radius 2 is 0.871 bits per heavy atom. The van der Waals surface area contributed by atoms with E-state index in [9.17, 15) is 9.90 Å². The summed E-state index contributed by atoms with van der Waals surface area (Å²) in [5, 5.41) is 9.86. The van der Waals surface area contributed by atoms with Crippen LogP contribution in [-0.2, 0) is 0 Å². The van der Waals surface area contributed by atoms with Gasteiger partial charge in [0.25, 0.3) is 0 Å². The van der Waals surface area contributed by atoms with E-state index in [4.69, 9.17) is 0 Å². The van der Waals surface area contributed by atoms with Crippen LogP contribution in [0, 0.1) is 13.8 Å². The van der Waals surface area contributed by atoms with Crippen molar-refractivity contribution in [2.24, 2.45) is 0 Å². The van der Waals surface area contributed by atoms with Crippen LogP contribution in [0.2, 0.25) is 0 Å². The van der Waals surface area contributed by atoms with Gasteiger partial charge in [0.1, 0.15) is 12.0 Å². The van der Waals surface area contributed by atoms with Crippen LogP contribution in [0.15, 0.2) is 97.1 Å². The first-order valence-electron chi connectivity index (χ1n) is 10.3. The van der Waals surface area contributed by atoms with Crippen LogP contribution in [-0.4, -0.2) is 11.4 Å². The number of rotatable bonds is 5. The van der Waals surface area contributed by atoms with Gasteiger partial charge in [-0.3, -0.25) is 4.79 Å². The monoisotopic (exact) mass is 404 g/mol. The average Bonchev–Trinajstić information content (AvgIpc) is 2.80. The minimum atomic E-state index is 0.235. The Kier molecular flexibility index (Phi) is 5.81. The van der Waals surface area contributed by atoms with Gasteiger partial charge in [-0.2, -0.15) is 0 Å². The highest BCUT2D eigenvalue weighted by Crippen LogP contribution is 2.37. The summed E-state index contributed by atoms with van der Waals surface area (Å²) in [5.74, 6) is 0.235. The predicted octanol–water partition coefficient (Wildman–Crippen LogP) is 6.83. The number of aromatic hydroxyl groups is 1. The van der Waals surface area contributed by atoms with E-state index in [1.54, 1.807) is 12.1 Å². The van der Waals surface area contributed by atoms with Gasteiger partial charge in [-0.05, 0) is 59.4 Å². The van der Waals surface area contributed by atoms with Gasteiger partial charge >= 0.3 is 0 Å². The van der Waals surface area contributed by atoms with Gasteiger partial charge in [-0.15, -0.1) is 0 Å². The molecule has 31 heavy (non-hydrogen) atoms. The summed E-state index contributed by atoms with van der Waals surface area (Å²) in [6.45, 7) is 4.15. The molecule has 0 aliphatic carbocycles. The van der Waals surface area contributed by atoms with Gasteiger partial charge in [0.15, 0.2) is 0 Å². The van der Waals surface area contributed by atoms with Crippen molar-refractivity contribution in [1.29, 1.82) is 0 Å². The largest absolute Gasteiger partial charge is 0.508 e. The van der Waals surface area contributed by atoms with Crippen LogP contribution in [0.1, 0.15) is 43.7 Å². The maximum atomic E-state index is 11.2. The molecule has 0 heterocycles. The second-order valence-electron chi connectivity index (χ2n) is 7.77.